The molecule has 0 amide bonds. The van der Waals surface area contributed by atoms with E-state index < -0.39 is 0 Å². The summed E-state index contributed by atoms with van der Waals surface area (Å²) in [5.41, 5.74) is 5.98. The minimum Gasteiger partial charge on any atom is -0.259 e. The normalized spacial score (nSPS) is 20.7. The van der Waals surface area contributed by atoms with E-state index in [4.69, 9.17) is 0 Å². The Labute approximate surface area is 78.7 Å². The highest BCUT2D eigenvalue weighted by molar-refractivity contribution is 5.27. The molecule has 3 heteroatoms. The minimum absolute atomic E-state index is 0.409. The molecule has 0 aliphatic heterocycles. The summed E-state index contributed by atoms with van der Waals surface area (Å²) >= 11 is 0. The van der Waals surface area contributed by atoms with Crippen molar-refractivity contribution in [3.05, 3.63) is 29.6 Å². The van der Waals surface area contributed by atoms with Gasteiger partial charge in [0.25, 0.3) is 0 Å². The number of hydrazine groups is 1. The first-order valence-corrected chi connectivity index (χ1v) is 4.64. The van der Waals surface area contributed by atoms with Crippen molar-refractivity contribution in [3.63, 3.8) is 0 Å². The number of fused-ring (bicyclic) bond motifs is 1. The van der Waals surface area contributed by atoms with Gasteiger partial charge >= 0.3 is 0 Å². The Bertz CT molecular complexity index is 296. The molecule has 0 radical (unpaired) electrons. The van der Waals surface area contributed by atoms with Crippen LogP contribution < -0.4 is 5.43 Å². The Morgan fingerprint density at radius 2 is 2.38 bits per heavy atom. The van der Waals surface area contributed by atoms with Crippen molar-refractivity contribution in [3.8, 4) is 0 Å². The zero-order valence-corrected chi connectivity index (χ0v) is 8.12. The first-order chi connectivity index (χ1) is 6.27. The van der Waals surface area contributed by atoms with E-state index in [0.29, 0.717) is 6.04 Å². The van der Waals surface area contributed by atoms with E-state index in [-0.39, 0.29) is 0 Å². The van der Waals surface area contributed by atoms with Crippen LogP contribution in [0.15, 0.2) is 18.3 Å². The molecule has 2 rings (SSSR count). The molecular formula is C10H15N3. The molecule has 13 heavy (non-hydrogen) atoms. The van der Waals surface area contributed by atoms with Crippen LogP contribution in [0, 0.1) is 0 Å². The highest BCUT2D eigenvalue weighted by Gasteiger charge is 2.23. The van der Waals surface area contributed by atoms with Gasteiger partial charge < -0.3 is 0 Å². The molecule has 0 fully saturated rings. The van der Waals surface area contributed by atoms with Gasteiger partial charge in [-0.2, -0.15) is 0 Å². The average molecular weight is 177 g/mol. The van der Waals surface area contributed by atoms with E-state index in [1.807, 2.05) is 31.4 Å². The smallest absolute Gasteiger partial charge is 0.0642 e. The number of pyridine rings is 1. The van der Waals surface area contributed by atoms with Crippen LogP contribution in [0.1, 0.15) is 23.7 Å². The third-order valence-corrected chi connectivity index (χ3v) is 2.37. The Kier molecular flexibility index (Phi) is 2.29. The van der Waals surface area contributed by atoms with Gasteiger partial charge in [0, 0.05) is 20.3 Å². The van der Waals surface area contributed by atoms with Gasteiger partial charge in [-0.15, -0.1) is 0 Å². The molecule has 1 aromatic heterocycles. The first-order valence-electron chi connectivity index (χ1n) is 4.64. The van der Waals surface area contributed by atoms with Crippen molar-refractivity contribution in [1.29, 1.82) is 0 Å². The molecule has 1 heterocycles. The molecule has 0 saturated heterocycles. The molecule has 1 aliphatic carbocycles. The van der Waals surface area contributed by atoms with Crippen LogP contribution in [-0.2, 0) is 6.42 Å². The monoisotopic (exact) mass is 177 g/mol. The number of nitrogens with zero attached hydrogens (tertiary/aromatic N) is 2. The molecule has 1 atom stereocenters. The summed E-state index contributed by atoms with van der Waals surface area (Å²) in [4.78, 5) is 4.40. The van der Waals surface area contributed by atoms with Crippen LogP contribution in [-0.4, -0.2) is 24.1 Å². The lowest BCUT2D eigenvalue weighted by Gasteiger charge is -2.18. The lowest BCUT2D eigenvalue weighted by molar-refractivity contribution is 0.240. The predicted molar refractivity (Wildman–Crippen MR) is 52.1 cm³/mol. The molecule has 3 nitrogen and oxygen atoms in total. The van der Waals surface area contributed by atoms with Crippen molar-refractivity contribution in [2.75, 3.05) is 14.1 Å². The molecule has 0 bridgehead atoms. The number of rotatable bonds is 2. The Morgan fingerprint density at radius 1 is 1.54 bits per heavy atom. The lowest BCUT2D eigenvalue weighted by Crippen LogP contribution is -2.33. The second kappa shape index (κ2) is 3.44. The Hall–Kier alpha value is -0.930. The van der Waals surface area contributed by atoms with E-state index in [0.717, 1.165) is 12.8 Å². The highest BCUT2D eigenvalue weighted by Crippen LogP contribution is 2.28. The highest BCUT2D eigenvalue weighted by atomic mass is 15.5. The van der Waals surface area contributed by atoms with Crippen molar-refractivity contribution >= 4 is 0 Å². The second-order valence-corrected chi connectivity index (χ2v) is 3.66. The Balaban J connectivity index is 2.18. The summed E-state index contributed by atoms with van der Waals surface area (Å²) in [6.45, 7) is 0. The molecule has 1 aromatic rings. The molecule has 1 unspecified atom stereocenters. The number of aryl methyl sites for hydroxylation is 1. The van der Waals surface area contributed by atoms with Crippen molar-refractivity contribution in [2.45, 2.75) is 18.9 Å². The van der Waals surface area contributed by atoms with Gasteiger partial charge in [0.05, 0.1) is 11.7 Å². The van der Waals surface area contributed by atoms with E-state index in [1.165, 1.54) is 11.3 Å². The summed E-state index contributed by atoms with van der Waals surface area (Å²) in [6, 6.07) is 4.59. The third kappa shape index (κ3) is 1.71. The predicted octanol–water partition coefficient (Wildman–Crippen LogP) is 1.14. The summed E-state index contributed by atoms with van der Waals surface area (Å²) in [5.74, 6) is 0. The van der Waals surface area contributed by atoms with Gasteiger partial charge in [-0.25, -0.2) is 10.4 Å². The van der Waals surface area contributed by atoms with Gasteiger partial charge in [-0.3, -0.25) is 4.98 Å². The van der Waals surface area contributed by atoms with Gasteiger partial charge in [0.1, 0.15) is 0 Å². The maximum atomic E-state index is 4.40. The molecule has 0 saturated carbocycles. The SMILES string of the molecule is CN(C)NC1CCc2cccnc21. The van der Waals surface area contributed by atoms with Gasteiger partial charge in [0.2, 0.25) is 0 Å². The molecular weight excluding hydrogens is 162 g/mol. The number of nitrogens with one attached hydrogen (secondary N) is 1. The van der Waals surface area contributed by atoms with Crippen molar-refractivity contribution < 1.29 is 0 Å². The molecule has 1 aliphatic rings. The zero-order valence-electron chi connectivity index (χ0n) is 8.12. The molecule has 1 N–H and O–H groups in total. The van der Waals surface area contributed by atoms with Crippen LogP contribution in [0.4, 0.5) is 0 Å². The minimum atomic E-state index is 0.409. The number of hydrogen-bond acceptors (Lipinski definition) is 3. The van der Waals surface area contributed by atoms with E-state index in [9.17, 15) is 0 Å². The van der Waals surface area contributed by atoms with Crippen molar-refractivity contribution in [2.24, 2.45) is 0 Å². The maximum Gasteiger partial charge on any atom is 0.0642 e. The fourth-order valence-electron chi connectivity index (χ4n) is 1.85. The van der Waals surface area contributed by atoms with E-state index >= 15 is 0 Å². The van der Waals surface area contributed by atoms with Crippen molar-refractivity contribution in [1.82, 2.24) is 15.4 Å². The summed E-state index contributed by atoms with van der Waals surface area (Å²) in [5, 5.41) is 1.99. The summed E-state index contributed by atoms with van der Waals surface area (Å²) in [6.07, 6.45) is 4.17. The Morgan fingerprint density at radius 3 is 3.15 bits per heavy atom. The molecule has 0 spiro atoms. The van der Waals surface area contributed by atoms with Crippen LogP contribution in [0.25, 0.3) is 0 Å². The molecule has 70 valence electrons. The number of aromatic nitrogens is 1. The molecule has 0 aromatic carbocycles. The van der Waals surface area contributed by atoms with Gasteiger partial charge in [0.15, 0.2) is 0 Å². The summed E-state index contributed by atoms with van der Waals surface area (Å²) < 4.78 is 0. The van der Waals surface area contributed by atoms with E-state index in [2.05, 4.69) is 16.5 Å². The van der Waals surface area contributed by atoms with Crippen LogP contribution in [0.3, 0.4) is 0 Å². The van der Waals surface area contributed by atoms with Gasteiger partial charge in [-0.05, 0) is 24.5 Å². The zero-order chi connectivity index (χ0) is 9.26. The van der Waals surface area contributed by atoms with E-state index in [1.54, 1.807) is 0 Å². The first kappa shape index (κ1) is 8.66. The number of hydrogen-bond donors (Lipinski definition) is 1. The summed E-state index contributed by atoms with van der Waals surface area (Å²) in [7, 11) is 4.03. The lowest BCUT2D eigenvalue weighted by atomic mass is 10.2. The van der Waals surface area contributed by atoms with Crippen LogP contribution >= 0.6 is 0 Å². The second-order valence-electron chi connectivity index (χ2n) is 3.66. The largest absolute Gasteiger partial charge is 0.259 e. The fraction of sp³-hybridized carbons (Fsp3) is 0.500. The third-order valence-electron chi connectivity index (χ3n) is 2.37. The van der Waals surface area contributed by atoms with Gasteiger partial charge in [-0.1, -0.05) is 6.07 Å². The topological polar surface area (TPSA) is 28.2 Å². The average Bonchev–Trinajstić information content (AvgIpc) is 2.48. The quantitative estimate of drug-likeness (QED) is 0.686. The van der Waals surface area contributed by atoms with Crippen LogP contribution in [0.2, 0.25) is 0 Å². The standard InChI is InChI=1S/C10H15N3/c1-13(2)12-9-6-5-8-4-3-7-11-10(8)9/h3-4,7,9,12H,5-6H2,1-2H3. The maximum absolute atomic E-state index is 4.40. The van der Waals surface area contributed by atoms with Crippen LogP contribution in [0.5, 0.6) is 0 Å². The fourth-order valence-corrected chi connectivity index (χ4v) is 1.85.